The number of ether oxygens (including phenoxy) is 1. The number of nitrogens with zero attached hydrogens (tertiary/aromatic N) is 1. The number of hydrazine groups is 1. The summed E-state index contributed by atoms with van der Waals surface area (Å²) >= 11 is 0. The van der Waals surface area contributed by atoms with Gasteiger partial charge in [-0.15, -0.1) is 0 Å². The van der Waals surface area contributed by atoms with E-state index in [4.69, 9.17) is 10.5 Å². The standard InChI is InChI=1S/C7H17N3O2/c1-10(2)9-6-7(11)12-5-3-4-8/h9H,3-6,8H2,1-2H3. The first-order chi connectivity index (χ1) is 5.66. The normalized spacial score (nSPS) is 10.3. The zero-order chi connectivity index (χ0) is 9.40. The topological polar surface area (TPSA) is 67.6 Å². The van der Waals surface area contributed by atoms with Gasteiger partial charge in [0.2, 0.25) is 0 Å². The molecule has 0 aliphatic carbocycles. The summed E-state index contributed by atoms with van der Waals surface area (Å²) in [5, 5.41) is 1.70. The van der Waals surface area contributed by atoms with Crippen LogP contribution in [0, 0.1) is 0 Å². The summed E-state index contributed by atoms with van der Waals surface area (Å²) in [7, 11) is 3.63. The van der Waals surface area contributed by atoms with E-state index in [0.717, 1.165) is 0 Å². The molecule has 0 atom stereocenters. The van der Waals surface area contributed by atoms with E-state index >= 15 is 0 Å². The van der Waals surface area contributed by atoms with E-state index in [1.807, 2.05) is 14.1 Å². The van der Waals surface area contributed by atoms with E-state index in [-0.39, 0.29) is 12.5 Å². The predicted octanol–water partition coefficient (Wildman–Crippen LogP) is -1.06. The highest BCUT2D eigenvalue weighted by Crippen LogP contribution is 1.80. The first kappa shape index (κ1) is 11.4. The van der Waals surface area contributed by atoms with Crippen LogP contribution in [0.15, 0.2) is 0 Å². The summed E-state index contributed by atoms with van der Waals surface area (Å²) in [6.45, 7) is 1.16. The van der Waals surface area contributed by atoms with Gasteiger partial charge in [0.15, 0.2) is 0 Å². The molecule has 0 rings (SSSR count). The molecule has 0 amide bonds. The molecule has 0 unspecified atom stereocenters. The molecule has 0 aliphatic heterocycles. The van der Waals surface area contributed by atoms with Crippen LogP contribution in [0.25, 0.3) is 0 Å². The maximum Gasteiger partial charge on any atom is 0.321 e. The summed E-state index contributed by atoms with van der Waals surface area (Å²) in [4.78, 5) is 10.9. The van der Waals surface area contributed by atoms with Crippen molar-refractivity contribution in [2.45, 2.75) is 6.42 Å². The quantitative estimate of drug-likeness (QED) is 0.306. The van der Waals surface area contributed by atoms with Gasteiger partial charge in [-0.2, -0.15) is 0 Å². The van der Waals surface area contributed by atoms with Crippen molar-refractivity contribution in [3.8, 4) is 0 Å². The first-order valence-corrected chi connectivity index (χ1v) is 3.93. The summed E-state index contributed by atoms with van der Waals surface area (Å²) in [6.07, 6.45) is 0.716. The minimum absolute atomic E-state index is 0.206. The molecule has 0 fully saturated rings. The second-order valence-electron chi connectivity index (χ2n) is 2.59. The lowest BCUT2D eigenvalue weighted by atomic mass is 10.5. The van der Waals surface area contributed by atoms with Crippen LogP contribution in [0.3, 0.4) is 0 Å². The predicted molar refractivity (Wildman–Crippen MR) is 46.3 cm³/mol. The average molecular weight is 175 g/mol. The van der Waals surface area contributed by atoms with Crippen LogP contribution in [0.4, 0.5) is 0 Å². The average Bonchev–Trinajstić information content (AvgIpc) is 2.01. The lowest BCUT2D eigenvalue weighted by molar-refractivity contribution is -0.143. The van der Waals surface area contributed by atoms with Crippen LogP contribution in [0.5, 0.6) is 0 Å². The zero-order valence-electron chi connectivity index (χ0n) is 7.67. The Kier molecular flexibility index (Phi) is 6.64. The number of carbonyl (C=O) groups excluding carboxylic acids is 1. The van der Waals surface area contributed by atoms with E-state index in [1.54, 1.807) is 5.01 Å². The summed E-state index contributed by atoms with van der Waals surface area (Å²) in [6, 6.07) is 0. The van der Waals surface area contributed by atoms with Crippen LogP contribution >= 0.6 is 0 Å². The van der Waals surface area contributed by atoms with Crippen molar-refractivity contribution in [1.29, 1.82) is 0 Å². The van der Waals surface area contributed by atoms with Gasteiger partial charge in [0.05, 0.1) is 6.61 Å². The number of carbonyl (C=O) groups is 1. The minimum Gasteiger partial charge on any atom is -0.465 e. The molecule has 0 saturated carbocycles. The smallest absolute Gasteiger partial charge is 0.321 e. The third-order valence-electron chi connectivity index (χ3n) is 1.15. The molecular weight excluding hydrogens is 158 g/mol. The van der Waals surface area contributed by atoms with Crippen LogP contribution < -0.4 is 11.2 Å². The SMILES string of the molecule is CN(C)NCC(=O)OCCCN. The van der Waals surface area contributed by atoms with Gasteiger partial charge in [0.25, 0.3) is 0 Å². The third-order valence-corrected chi connectivity index (χ3v) is 1.15. The molecule has 0 heterocycles. The van der Waals surface area contributed by atoms with Crippen LogP contribution in [0.2, 0.25) is 0 Å². The number of hydrogen-bond acceptors (Lipinski definition) is 5. The molecule has 72 valence electrons. The van der Waals surface area contributed by atoms with Crippen molar-refractivity contribution < 1.29 is 9.53 Å². The molecule has 0 radical (unpaired) electrons. The van der Waals surface area contributed by atoms with E-state index < -0.39 is 0 Å². The lowest BCUT2D eigenvalue weighted by Crippen LogP contribution is -2.35. The molecular formula is C7H17N3O2. The van der Waals surface area contributed by atoms with Crippen LogP contribution in [-0.4, -0.2) is 44.8 Å². The van der Waals surface area contributed by atoms with Crippen molar-refractivity contribution >= 4 is 5.97 Å². The van der Waals surface area contributed by atoms with Crippen molar-refractivity contribution in [3.63, 3.8) is 0 Å². The zero-order valence-corrected chi connectivity index (χ0v) is 7.67. The Balaban J connectivity index is 3.22. The molecule has 0 aromatic carbocycles. The fourth-order valence-corrected chi connectivity index (χ4v) is 0.543. The van der Waals surface area contributed by atoms with Gasteiger partial charge >= 0.3 is 5.97 Å². The van der Waals surface area contributed by atoms with Gasteiger partial charge in [-0.25, -0.2) is 5.43 Å². The molecule has 0 aliphatic rings. The molecule has 0 saturated heterocycles. The van der Waals surface area contributed by atoms with E-state index in [2.05, 4.69) is 5.43 Å². The van der Waals surface area contributed by atoms with Gasteiger partial charge in [0.1, 0.15) is 6.54 Å². The Hall–Kier alpha value is -0.650. The Bertz CT molecular complexity index is 128. The van der Waals surface area contributed by atoms with Crippen molar-refractivity contribution in [2.24, 2.45) is 5.73 Å². The molecule has 0 aromatic rings. The maximum absolute atomic E-state index is 10.9. The molecule has 3 N–H and O–H groups in total. The largest absolute Gasteiger partial charge is 0.465 e. The Morgan fingerprint density at radius 3 is 2.75 bits per heavy atom. The molecule has 0 aromatic heterocycles. The fraction of sp³-hybridized carbons (Fsp3) is 0.857. The number of nitrogens with one attached hydrogen (secondary N) is 1. The van der Waals surface area contributed by atoms with Crippen LogP contribution in [0.1, 0.15) is 6.42 Å². The summed E-state index contributed by atoms with van der Waals surface area (Å²) in [5.74, 6) is -0.253. The molecule has 5 nitrogen and oxygen atoms in total. The fourth-order valence-electron chi connectivity index (χ4n) is 0.543. The monoisotopic (exact) mass is 175 g/mol. The second kappa shape index (κ2) is 7.02. The van der Waals surface area contributed by atoms with E-state index in [1.165, 1.54) is 0 Å². The van der Waals surface area contributed by atoms with E-state index in [9.17, 15) is 4.79 Å². The second-order valence-corrected chi connectivity index (χ2v) is 2.59. The number of nitrogens with two attached hydrogens (primary N) is 1. The minimum atomic E-state index is -0.253. The maximum atomic E-state index is 10.9. The highest BCUT2D eigenvalue weighted by Gasteiger charge is 2.00. The Morgan fingerprint density at radius 1 is 1.58 bits per heavy atom. The Labute approximate surface area is 72.8 Å². The van der Waals surface area contributed by atoms with Gasteiger partial charge in [-0.05, 0) is 13.0 Å². The molecule has 0 spiro atoms. The van der Waals surface area contributed by atoms with Crippen LogP contribution in [-0.2, 0) is 9.53 Å². The van der Waals surface area contributed by atoms with Crippen molar-refractivity contribution in [3.05, 3.63) is 0 Å². The molecule has 5 heteroatoms. The number of esters is 1. The summed E-state index contributed by atoms with van der Waals surface area (Å²) < 4.78 is 4.82. The Morgan fingerprint density at radius 2 is 2.25 bits per heavy atom. The third kappa shape index (κ3) is 7.46. The highest BCUT2D eigenvalue weighted by atomic mass is 16.5. The lowest BCUT2D eigenvalue weighted by Gasteiger charge is -2.10. The first-order valence-electron chi connectivity index (χ1n) is 3.93. The van der Waals surface area contributed by atoms with Gasteiger partial charge < -0.3 is 10.5 Å². The number of rotatable bonds is 6. The van der Waals surface area contributed by atoms with E-state index in [0.29, 0.717) is 19.6 Å². The van der Waals surface area contributed by atoms with Crippen molar-refractivity contribution in [2.75, 3.05) is 33.8 Å². The van der Waals surface area contributed by atoms with Gasteiger partial charge in [-0.1, -0.05) is 0 Å². The molecule has 0 bridgehead atoms. The summed E-state index contributed by atoms with van der Waals surface area (Å²) in [5.41, 5.74) is 8.02. The van der Waals surface area contributed by atoms with Crippen molar-refractivity contribution in [1.82, 2.24) is 10.4 Å². The van der Waals surface area contributed by atoms with Gasteiger partial charge in [0, 0.05) is 14.1 Å². The number of hydrogen-bond donors (Lipinski definition) is 2. The highest BCUT2D eigenvalue weighted by molar-refractivity contribution is 5.71. The van der Waals surface area contributed by atoms with Gasteiger partial charge in [-0.3, -0.25) is 9.80 Å². The molecule has 12 heavy (non-hydrogen) atoms.